The fourth-order valence-electron chi connectivity index (χ4n) is 2.39. The Balaban J connectivity index is 1.89. The van der Waals surface area contributed by atoms with Crippen LogP contribution in [0.2, 0.25) is 0 Å². The van der Waals surface area contributed by atoms with E-state index in [4.69, 9.17) is 20.1 Å². The van der Waals surface area contributed by atoms with Gasteiger partial charge in [0.1, 0.15) is 6.23 Å². The third-order valence-electron chi connectivity index (χ3n) is 3.91. The molecule has 0 radical (unpaired) electrons. The van der Waals surface area contributed by atoms with Crippen LogP contribution < -0.4 is 22.1 Å². The van der Waals surface area contributed by atoms with Crippen molar-refractivity contribution in [1.82, 2.24) is 10.9 Å². The van der Waals surface area contributed by atoms with Crippen LogP contribution in [0.25, 0.3) is 0 Å². The van der Waals surface area contributed by atoms with Gasteiger partial charge < -0.3 is 24.7 Å². The monoisotopic (exact) mass is 384 g/mol. The van der Waals surface area contributed by atoms with E-state index in [0.717, 1.165) is 24.3 Å². The molecule has 0 amide bonds. The molecule has 1 rings (SSSR count). The Morgan fingerprint density at radius 1 is 0.889 bits per heavy atom. The van der Waals surface area contributed by atoms with Crippen molar-refractivity contribution in [3.8, 4) is 0 Å². The maximum Gasteiger partial charge on any atom is 0.131 e. The van der Waals surface area contributed by atoms with Crippen LogP contribution in [-0.2, 0) is 14.2 Å². The van der Waals surface area contributed by atoms with Crippen molar-refractivity contribution in [2.75, 3.05) is 51.6 Å². The predicted octanol–water partition coefficient (Wildman–Crippen LogP) is 1.69. The van der Waals surface area contributed by atoms with Gasteiger partial charge >= 0.3 is 0 Å². The van der Waals surface area contributed by atoms with E-state index in [9.17, 15) is 5.11 Å². The summed E-state index contributed by atoms with van der Waals surface area (Å²) in [7, 11) is 0. The molecule has 0 aliphatic carbocycles. The summed E-state index contributed by atoms with van der Waals surface area (Å²) in [4.78, 5) is 0. The molecule has 0 heterocycles. The molecule has 156 valence electrons. The Bertz CT molecular complexity index is 448. The van der Waals surface area contributed by atoms with Gasteiger partial charge in [-0.3, -0.25) is 11.2 Å². The lowest BCUT2D eigenvalue weighted by atomic mass is 10.2. The zero-order valence-corrected chi connectivity index (χ0v) is 16.4. The Kier molecular flexibility index (Phi) is 14.9. The minimum absolute atomic E-state index is 0.505. The van der Waals surface area contributed by atoms with Crippen molar-refractivity contribution in [1.29, 1.82) is 0 Å². The number of aliphatic hydroxyl groups is 1. The molecule has 27 heavy (non-hydrogen) atoms. The lowest BCUT2D eigenvalue weighted by molar-refractivity contribution is 0.0123. The number of hydrazine groups is 2. The first-order valence-electron chi connectivity index (χ1n) is 9.74. The van der Waals surface area contributed by atoms with E-state index < -0.39 is 6.23 Å². The number of benzene rings is 1. The standard InChI is InChI=1S/C19H36N4O4/c1-2-3-4-5-11-25-13-15-27-16-14-26-12-10-21-19(24)17-6-8-18(9-7-17)22-23-20/h6-9,19,21-24H,2-5,10-16,20H2,1H3/t19-/m1/s1. The second-order valence-corrected chi connectivity index (χ2v) is 6.15. The van der Waals surface area contributed by atoms with Gasteiger partial charge in [-0.25, -0.2) is 0 Å². The molecule has 1 atom stereocenters. The number of unbranched alkanes of at least 4 members (excludes halogenated alkanes) is 3. The minimum Gasteiger partial charge on any atom is -0.379 e. The number of aliphatic hydroxyl groups excluding tert-OH is 1. The lowest BCUT2D eigenvalue weighted by Gasteiger charge is -2.14. The number of rotatable bonds is 18. The van der Waals surface area contributed by atoms with Gasteiger partial charge in [0.2, 0.25) is 0 Å². The molecule has 0 saturated carbocycles. The van der Waals surface area contributed by atoms with Crippen LogP contribution in [0, 0.1) is 0 Å². The van der Waals surface area contributed by atoms with Crippen molar-refractivity contribution in [3.05, 3.63) is 29.8 Å². The van der Waals surface area contributed by atoms with E-state index in [1.807, 2.05) is 24.3 Å². The molecule has 0 aliphatic heterocycles. The largest absolute Gasteiger partial charge is 0.379 e. The smallest absolute Gasteiger partial charge is 0.131 e. The van der Waals surface area contributed by atoms with Crippen molar-refractivity contribution in [2.24, 2.45) is 5.84 Å². The first kappa shape index (κ1) is 23.8. The minimum atomic E-state index is -0.737. The van der Waals surface area contributed by atoms with Crippen molar-refractivity contribution < 1.29 is 19.3 Å². The Labute approximate surface area is 162 Å². The van der Waals surface area contributed by atoms with E-state index in [2.05, 4.69) is 23.2 Å². The fraction of sp³-hybridized carbons (Fsp3) is 0.684. The maximum absolute atomic E-state index is 10.1. The van der Waals surface area contributed by atoms with Crippen LogP contribution in [0.15, 0.2) is 24.3 Å². The summed E-state index contributed by atoms with van der Waals surface area (Å²) in [6.45, 7) is 6.38. The highest BCUT2D eigenvalue weighted by atomic mass is 16.5. The highest BCUT2D eigenvalue weighted by molar-refractivity contribution is 5.43. The number of nitrogens with one attached hydrogen (secondary N) is 3. The van der Waals surface area contributed by atoms with Gasteiger partial charge in [-0.05, 0) is 24.1 Å². The van der Waals surface area contributed by atoms with E-state index in [1.54, 1.807) is 0 Å². The second-order valence-electron chi connectivity index (χ2n) is 6.15. The van der Waals surface area contributed by atoms with Gasteiger partial charge in [0.25, 0.3) is 0 Å². The van der Waals surface area contributed by atoms with Crippen LogP contribution in [0.5, 0.6) is 0 Å². The number of anilines is 1. The molecule has 0 fully saturated rings. The number of nitrogens with two attached hydrogens (primary N) is 1. The second kappa shape index (κ2) is 16.9. The quantitative estimate of drug-likeness (QED) is 0.113. The summed E-state index contributed by atoms with van der Waals surface area (Å²) in [5, 5.41) is 13.1. The lowest BCUT2D eigenvalue weighted by Crippen LogP contribution is -2.28. The summed E-state index contributed by atoms with van der Waals surface area (Å²) in [5.41, 5.74) is 6.70. The molecule has 0 saturated heterocycles. The molecule has 0 spiro atoms. The number of hydrogen-bond donors (Lipinski definition) is 5. The van der Waals surface area contributed by atoms with Gasteiger partial charge in [-0.2, -0.15) is 5.53 Å². The van der Waals surface area contributed by atoms with E-state index >= 15 is 0 Å². The van der Waals surface area contributed by atoms with Gasteiger partial charge in [0, 0.05) is 13.2 Å². The molecular weight excluding hydrogens is 348 g/mol. The summed E-state index contributed by atoms with van der Waals surface area (Å²) in [5.74, 6) is 5.17. The van der Waals surface area contributed by atoms with E-state index in [-0.39, 0.29) is 0 Å². The van der Waals surface area contributed by atoms with Crippen LogP contribution in [0.3, 0.4) is 0 Å². The molecule has 1 aromatic rings. The van der Waals surface area contributed by atoms with Crippen molar-refractivity contribution in [3.63, 3.8) is 0 Å². The SMILES string of the molecule is CCCCCCOCCOCCOCCN[C@H](O)c1ccc(NNN)cc1. The fourth-order valence-corrected chi connectivity index (χ4v) is 2.39. The van der Waals surface area contributed by atoms with E-state index in [1.165, 1.54) is 19.3 Å². The normalized spacial score (nSPS) is 12.3. The highest BCUT2D eigenvalue weighted by Crippen LogP contribution is 2.13. The van der Waals surface area contributed by atoms with Gasteiger partial charge in [0.15, 0.2) is 0 Å². The Hall–Kier alpha value is -1.26. The first-order chi connectivity index (χ1) is 13.3. The van der Waals surface area contributed by atoms with Crippen molar-refractivity contribution >= 4 is 5.69 Å². The molecule has 0 aromatic heterocycles. The highest BCUT2D eigenvalue weighted by Gasteiger charge is 2.05. The summed E-state index contributed by atoms with van der Waals surface area (Å²) >= 11 is 0. The zero-order valence-electron chi connectivity index (χ0n) is 16.4. The van der Waals surface area contributed by atoms with Gasteiger partial charge in [-0.1, -0.05) is 38.3 Å². The molecular formula is C19H36N4O4. The Morgan fingerprint density at radius 2 is 1.52 bits per heavy atom. The molecule has 8 heteroatoms. The predicted molar refractivity (Wildman–Crippen MR) is 107 cm³/mol. The van der Waals surface area contributed by atoms with Crippen LogP contribution in [0.4, 0.5) is 5.69 Å². The molecule has 1 aromatic carbocycles. The zero-order chi connectivity index (χ0) is 19.6. The average Bonchev–Trinajstić information content (AvgIpc) is 2.69. The number of ether oxygens (including phenoxy) is 3. The third-order valence-corrected chi connectivity index (χ3v) is 3.91. The van der Waals surface area contributed by atoms with Gasteiger partial charge in [-0.15, -0.1) is 0 Å². The molecule has 0 aliphatic rings. The van der Waals surface area contributed by atoms with Crippen LogP contribution in [-0.4, -0.2) is 51.3 Å². The topological polar surface area (TPSA) is 110 Å². The molecule has 8 nitrogen and oxygen atoms in total. The van der Waals surface area contributed by atoms with Crippen LogP contribution >= 0.6 is 0 Å². The Morgan fingerprint density at radius 3 is 2.15 bits per heavy atom. The third kappa shape index (κ3) is 12.7. The molecule has 0 unspecified atom stereocenters. The summed E-state index contributed by atoms with van der Waals surface area (Å²) < 4.78 is 16.4. The van der Waals surface area contributed by atoms with Crippen LogP contribution in [0.1, 0.15) is 44.4 Å². The summed E-state index contributed by atoms with van der Waals surface area (Å²) in [6.07, 6.45) is 4.15. The number of hydrogen-bond acceptors (Lipinski definition) is 8. The molecule has 0 bridgehead atoms. The van der Waals surface area contributed by atoms with E-state index in [0.29, 0.717) is 39.6 Å². The van der Waals surface area contributed by atoms with Crippen molar-refractivity contribution in [2.45, 2.75) is 38.8 Å². The molecule has 6 N–H and O–H groups in total. The first-order valence-corrected chi connectivity index (χ1v) is 9.74. The van der Waals surface area contributed by atoms with Gasteiger partial charge in [0.05, 0.1) is 38.7 Å². The maximum atomic E-state index is 10.1. The average molecular weight is 385 g/mol. The summed E-state index contributed by atoms with van der Waals surface area (Å²) in [6, 6.07) is 7.28.